The third kappa shape index (κ3) is 4.66. The van der Waals surface area contributed by atoms with Crippen LogP contribution in [0.3, 0.4) is 0 Å². The van der Waals surface area contributed by atoms with Crippen molar-refractivity contribution in [2.45, 2.75) is 26.9 Å². The number of nitrogens with one attached hydrogen (secondary N) is 2. The molecule has 0 saturated heterocycles. The second kappa shape index (κ2) is 8.25. The molecule has 0 bridgehead atoms. The summed E-state index contributed by atoms with van der Waals surface area (Å²) in [6.45, 7) is 5.22. The number of hydrogen-bond acceptors (Lipinski definition) is 4. The van der Waals surface area contributed by atoms with E-state index in [4.69, 9.17) is 0 Å². The first-order valence-electron chi connectivity index (χ1n) is 8.57. The average Bonchev–Trinajstić information content (AvgIpc) is 2.66. The minimum atomic E-state index is -0.231. The predicted molar refractivity (Wildman–Crippen MR) is 103 cm³/mol. The first-order valence-corrected chi connectivity index (χ1v) is 8.57. The molecular weight excluding hydrogens is 324 g/mol. The fourth-order valence-electron chi connectivity index (χ4n) is 2.64. The monoisotopic (exact) mass is 346 g/mol. The second-order valence-corrected chi connectivity index (χ2v) is 6.26. The summed E-state index contributed by atoms with van der Waals surface area (Å²) in [6, 6.07) is 19.7. The summed E-state index contributed by atoms with van der Waals surface area (Å²) in [4.78, 5) is 12.2. The van der Waals surface area contributed by atoms with Crippen LogP contribution in [0.5, 0.6) is 0 Å². The van der Waals surface area contributed by atoms with Crippen molar-refractivity contribution in [2.75, 3.05) is 5.32 Å². The zero-order valence-corrected chi connectivity index (χ0v) is 15.0. The van der Waals surface area contributed by atoms with Gasteiger partial charge >= 0.3 is 0 Å². The zero-order valence-electron chi connectivity index (χ0n) is 15.0. The van der Waals surface area contributed by atoms with Gasteiger partial charge in [0.2, 0.25) is 0 Å². The van der Waals surface area contributed by atoms with Crippen molar-refractivity contribution in [3.63, 3.8) is 0 Å². The predicted octanol–water partition coefficient (Wildman–Crippen LogP) is 3.64. The Hall–Kier alpha value is -3.21. The van der Waals surface area contributed by atoms with Crippen molar-refractivity contribution in [2.24, 2.45) is 0 Å². The molecular formula is C21H22N4O. The molecule has 0 radical (unpaired) electrons. The van der Waals surface area contributed by atoms with E-state index in [0.29, 0.717) is 24.6 Å². The van der Waals surface area contributed by atoms with Gasteiger partial charge in [-0.05, 0) is 42.7 Å². The molecule has 0 fully saturated rings. The molecule has 0 saturated carbocycles. The minimum absolute atomic E-state index is 0.231. The number of aryl methyl sites for hydroxylation is 2. The fourth-order valence-corrected chi connectivity index (χ4v) is 2.64. The molecule has 1 amide bonds. The lowest BCUT2D eigenvalue weighted by molar-refractivity contribution is 0.0945. The molecule has 2 aromatic carbocycles. The van der Waals surface area contributed by atoms with Crippen molar-refractivity contribution < 1.29 is 4.79 Å². The molecule has 0 aliphatic carbocycles. The maximum Gasteiger partial charge on any atom is 0.272 e. The van der Waals surface area contributed by atoms with E-state index >= 15 is 0 Å². The number of amides is 1. The molecule has 0 aliphatic heterocycles. The largest absolute Gasteiger partial charge is 0.365 e. The Morgan fingerprint density at radius 3 is 2.50 bits per heavy atom. The van der Waals surface area contributed by atoms with Crippen molar-refractivity contribution in [3.8, 4) is 0 Å². The summed E-state index contributed by atoms with van der Waals surface area (Å²) < 4.78 is 0. The third-order valence-electron chi connectivity index (χ3n) is 4.15. The number of anilines is 1. The summed E-state index contributed by atoms with van der Waals surface area (Å²) in [5.41, 5.74) is 4.93. The van der Waals surface area contributed by atoms with Crippen molar-refractivity contribution in [1.29, 1.82) is 0 Å². The van der Waals surface area contributed by atoms with Gasteiger partial charge in [0.15, 0.2) is 5.69 Å². The van der Waals surface area contributed by atoms with Gasteiger partial charge in [0.25, 0.3) is 5.91 Å². The van der Waals surface area contributed by atoms with Gasteiger partial charge in [-0.25, -0.2) is 0 Å². The van der Waals surface area contributed by atoms with E-state index in [1.54, 1.807) is 12.1 Å². The Morgan fingerprint density at radius 2 is 1.77 bits per heavy atom. The number of benzene rings is 2. The first kappa shape index (κ1) is 17.6. The fraction of sp³-hybridized carbons (Fsp3) is 0.190. The molecule has 0 spiro atoms. The van der Waals surface area contributed by atoms with Gasteiger partial charge in [-0.1, -0.05) is 54.1 Å². The molecule has 0 atom stereocenters. The molecule has 3 rings (SSSR count). The third-order valence-corrected chi connectivity index (χ3v) is 4.15. The van der Waals surface area contributed by atoms with E-state index in [9.17, 15) is 4.79 Å². The molecule has 3 aromatic rings. The maximum absolute atomic E-state index is 12.2. The Labute approximate surface area is 153 Å². The van der Waals surface area contributed by atoms with Gasteiger partial charge in [-0.3, -0.25) is 4.79 Å². The van der Waals surface area contributed by atoms with E-state index < -0.39 is 0 Å². The lowest BCUT2D eigenvalue weighted by Gasteiger charge is -2.08. The van der Waals surface area contributed by atoms with Crippen molar-refractivity contribution >= 4 is 11.7 Å². The van der Waals surface area contributed by atoms with E-state index in [1.165, 1.54) is 11.1 Å². The zero-order chi connectivity index (χ0) is 18.4. The molecule has 1 aromatic heterocycles. The summed E-state index contributed by atoms with van der Waals surface area (Å²) in [7, 11) is 0. The topological polar surface area (TPSA) is 66.9 Å². The molecule has 5 nitrogen and oxygen atoms in total. The van der Waals surface area contributed by atoms with Crippen LogP contribution in [0, 0.1) is 13.8 Å². The van der Waals surface area contributed by atoms with Gasteiger partial charge < -0.3 is 10.6 Å². The summed E-state index contributed by atoms with van der Waals surface area (Å²) >= 11 is 0. The molecule has 0 aliphatic rings. The Morgan fingerprint density at radius 1 is 0.923 bits per heavy atom. The number of rotatable bonds is 6. The summed E-state index contributed by atoms with van der Waals surface area (Å²) in [6.07, 6.45) is 0. The normalized spacial score (nSPS) is 10.4. The number of carbonyl (C=O) groups is 1. The van der Waals surface area contributed by atoms with E-state index in [-0.39, 0.29) is 5.91 Å². The van der Waals surface area contributed by atoms with Crippen LogP contribution < -0.4 is 10.6 Å². The van der Waals surface area contributed by atoms with Crippen molar-refractivity contribution in [3.05, 3.63) is 88.6 Å². The van der Waals surface area contributed by atoms with Gasteiger partial charge in [0.1, 0.15) is 5.82 Å². The van der Waals surface area contributed by atoms with Gasteiger partial charge in [0.05, 0.1) is 0 Å². The van der Waals surface area contributed by atoms with Crippen LogP contribution in [0.15, 0.2) is 60.7 Å². The molecule has 5 heteroatoms. The van der Waals surface area contributed by atoms with Gasteiger partial charge in [0, 0.05) is 13.1 Å². The van der Waals surface area contributed by atoms with Crippen LogP contribution in [0.4, 0.5) is 5.82 Å². The molecule has 2 N–H and O–H groups in total. The van der Waals surface area contributed by atoms with Crippen molar-refractivity contribution in [1.82, 2.24) is 15.5 Å². The number of aromatic nitrogens is 2. The number of nitrogens with zero attached hydrogens (tertiary/aromatic N) is 2. The highest BCUT2D eigenvalue weighted by Gasteiger charge is 2.08. The Kier molecular flexibility index (Phi) is 5.59. The lowest BCUT2D eigenvalue weighted by Crippen LogP contribution is -2.24. The molecule has 0 unspecified atom stereocenters. The maximum atomic E-state index is 12.2. The van der Waals surface area contributed by atoms with E-state index in [0.717, 1.165) is 11.1 Å². The summed E-state index contributed by atoms with van der Waals surface area (Å²) in [5.74, 6) is 0.410. The molecule has 26 heavy (non-hydrogen) atoms. The van der Waals surface area contributed by atoms with Gasteiger partial charge in [-0.15, -0.1) is 10.2 Å². The summed E-state index contributed by atoms with van der Waals surface area (Å²) in [5, 5.41) is 14.2. The molecule has 1 heterocycles. The highest BCUT2D eigenvalue weighted by Crippen LogP contribution is 2.09. The minimum Gasteiger partial charge on any atom is -0.365 e. The number of hydrogen-bond donors (Lipinski definition) is 2. The average molecular weight is 346 g/mol. The lowest BCUT2D eigenvalue weighted by atomic mass is 10.1. The standard InChI is InChI=1S/C21H22N4O/c1-15-6-5-8-17(12-15)13-22-20-11-10-19(24-25-20)21(26)23-14-18-9-4-3-7-16(18)2/h3-12H,13-14H2,1-2H3,(H,22,25)(H,23,26). The van der Waals surface area contributed by atoms with Crippen LogP contribution in [-0.4, -0.2) is 16.1 Å². The van der Waals surface area contributed by atoms with Crippen LogP contribution in [0.2, 0.25) is 0 Å². The first-order chi connectivity index (χ1) is 12.6. The van der Waals surface area contributed by atoms with E-state index in [1.807, 2.05) is 37.3 Å². The van der Waals surface area contributed by atoms with Crippen LogP contribution in [0.25, 0.3) is 0 Å². The van der Waals surface area contributed by atoms with Crippen LogP contribution >= 0.6 is 0 Å². The Bertz CT molecular complexity index is 891. The SMILES string of the molecule is Cc1cccc(CNc2ccc(C(=O)NCc3ccccc3C)nn2)c1. The Balaban J connectivity index is 1.55. The highest BCUT2D eigenvalue weighted by molar-refractivity contribution is 5.92. The molecule has 132 valence electrons. The quantitative estimate of drug-likeness (QED) is 0.715. The van der Waals surface area contributed by atoms with Crippen LogP contribution in [0.1, 0.15) is 32.7 Å². The second-order valence-electron chi connectivity index (χ2n) is 6.26. The van der Waals surface area contributed by atoms with Gasteiger partial charge in [-0.2, -0.15) is 0 Å². The number of carbonyl (C=O) groups excluding carboxylic acids is 1. The highest BCUT2D eigenvalue weighted by atomic mass is 16.1. The smallest absolute Gasteiger partial charge is 0.272 e. The van der Waals surface area contributed by atoms with E-state index in [2.05, 4.69) is 46.0 Å². The van der Waals surface area contributed by atoms with Crippen LogP contribution in [-0.2, 0) is 13.1 Å².